The third-order valence-corrected chi connectivity index (χ3v) is 7.55. The largest absolute Gasteiger partial charge is 0.394 e. The lowest BCUT2D eigenvalue weighted by Gasteiger charge is -2.15. The van der Waals surface area contributed by atoms with Crippen molar-refractivity contribution in [1.29, 1.82) is 0 Å². The van der Waals surface area contributed by atoms with E-state index in [-0.39, 0.29) is 46.7 Å². The van der Waals surface area contributed by atoms with Gasteiger partial charge in [-0.2, -0.15) is 9.73 Å². The lowest BCUT2D eigenvalue weighted by atomic mass is 10.0. The van der Waals surface area contributed by atoms with Gasteiger partial charge in [-0.05, 0) is 52.9 Å². The van der Waals surface area contributed by atoms with Crippen LogP contribution in [0.5, 0.6) is 0 Å². The molecule has 224 valence electrons. The summed E-state index contributed by atoms with van der Waals surface area (Å²) in [5, 5.41) is 30.0. The number of aromatic nitrogens is 8. The molecule has 3 aromatic heterocycles. The number of hydrogen-bond acceptors (Lipinski definition) is 12. The number of fused-ring (bicyclic) bond motifs is 2. The van der Waals surface area contributed by atoms with Crippen molar-refractivity contribution < 1.29 is 14.0 Å². The van der Waals surface area contributed by atoms with Crippen molar-refractivity contribution in [3.05, 3.63) is 103 Å². The number of nitrogen functional groups attached to an aromatic ring is 1. The van der Waals surface area contributed by atoms with Crippen LogP contribution >= 0.6 is 0 Å². The van der Waals surface area contributed by atoms with Gasteiger partial charge >= 0.3 is 0 Å². The summed E-state index contributed by atoms with van der Waals surface area (Å²) in [7, 11) is 0. The number of anilines is 3. The number of tetrazole rings is 1. The molecule has 3 aromatic carbocycles. The van der Waals surface area contributed by atoms with Gasteiger partial charge in [0.05, 0.1) is 17.9 Å². The van der Waals surface area contributed by atoms with Gasteiger partial charge in [0.25, 0.3) is 22.7 Å². The minimum atomic E-state index is -0.841. The molecule has 1 aliphatic rings. The van der Waals surface area contributed by atoms with Gasteiger partial charge in [-0.25, -0.2) is 9.37 Å². The molecule has 0 fully saturated rings. The molecular formula is C28H21FN12O4. The number of nitrogens with zero attached hydrogens (tertiary/aromatic N) is 7. The highest BCUT2D eigenvalue weighted by Gasteiger charge is 2.27. The van der Waals surface area contributed by atoms with Crippen molar-refractivity contribution in [1.82, 2.24) is 51.1 Å². The summed E-state index contributed by atoms with van der Waals surface area (Å²) in [6.07, 6.45) is 2.73. The average Bonchev–Trinajstić information content (AvgIpc) is 3.84. The average molecular weight is 609 g/mol. The zero-order valence-corrected chi connectivity index (χ0v) is 23.0. The number of amides is 2. The molecule has 0 bridgehead atoms. The fourth-order valence-corrected chi connectivity index (χ4v) is 5.24. The van der Waals surface area contributed by atoms with Crippen LogP contribution in [0.2, 0.25) is 0 Å². The van der Waals surface area contributed by atoms with Gasteiger partial charge in [0, 0.05) is 18.2 Å². The third-order valence-electron chi connectivity index (χ3n) is 7.55. The lowest BCUT2D eigenvalue weighted by molar-refractivity contribution is 0.0931. The first-order valence-electron chi connectivity index (χ1n) is 13.6. The molecule has 1 atom stereocenters. The van der Waals surface area contributed by atoms with E-state index in [0.29, 0.717) is 17.8 Å². The number of aryl methyl sites for hydroxylation is 1. The molecule has 17 heteroatoms. The molecule has 16 nitrogen and oxygen atoms in total. The number of aromatic amines is 1. The van der Waals surface area contributed by atoms with E-state index >= 15 is 0 Å². The number of rotatable bonds is 8. The number of benzene rings is 2. The molecule has 1 aliphatic carbocycles. The standard InChI is InChI=1S/C28H21FN12O4/c29-16-5-1-12(7-18(16)34-23-22(30)24(42)25(23)43)10-31-28(45)20-9-19(33-21-11-32-40-41(20)21)27(44)35-17-6-3-13-8-14(2-4-15(13)17)26-36-38-39-37-26/h1-2,4-5,7-9,11,17,34H,3,6,10,30H2,(H,31,45)(H,35,44)(H,36,37,38,39)/t17-/m0/s1. The molecule has 6 aromatic rings. The molecule has 0 saturated carbocycles. The molecule has 0 aliphatic heterocycles. The lowest BCUT2D eigenvalue weighted by Crippen LogP contribution is -2.36. The van der Waals surface area contributed by atoms with Crippen LogP contribution in [0.15, 0.2) is 58.3 Å². The van der Waals surface area contributed by atoms with E-state index < -0.39 is 28.5 Å². The van der Waals surface area contributed by atoms with Gasteiger partial charge in [0.2, 0.25) is 5.82 Å². The first kappa shape index (κ1) is 27.4. The Kier molecular flexibility index (Phi) is 6.53. The van der Waals surface area contributed by atoms with E-state index in [1.807, 2.05) is 18.2 Å². The van der Waals surface area contributed by atoms with Crippen molar-refractivity contribution in [2.45, 2.75) is 25.4 Å². The Balaban J connectivity index is 1.07. The van der Waals surface area contributed by atoms with Gasteiger partial charge in [0.15, 0.2) is 5.65 Å². The maximum Gasteiger partial charge on any atom is 0.270 e. The van der Waals surface area contributed by atoms with Crippen molar-refractivity contribution in [3.8, 4) is 11.4 Å². The molecule has 0 spiro atoms. The second kappa shape index (κ2) is 10.7. The van der Waals surface area contributed by atoms with E-state index in [1.165, 1.54) is 28.9 Å². The normalized spacial score (nSPS) is 14.0. The Labute approximate surface area is 250 Å². The summed E-state index contributed by atoms with van der Waals surface area (Å²) in [5.74, 6) is -1.30. The Morgan fingerprint density at radius 3 is 2.76 bits per heavy atom. The molecule has 0 saturated heterocycles. The predicted octanol–water partition coefficient (Wildman–Crippen LogP) is 0.713. The molecule has 0 unspecified atom stereocenters. The van der Waals surface area contributed by atoms with Crippen LogP contribution in [0.4, 0.5) is 21.5 Å². The number of carbonyl (C=O) groups excluding carboxylic acids is 2. The highest BCUT2D eigenvalue weighted by molar-refractivity contribution is 5.98. The highest BCUT2D eigenvalue weighted by Crippen LogP contribution is 2.33. The minimum absolute atomic E-state index is 0.00353. The van der Waals surface area contributed by atoms with Crippen LogP contribution in [0.3, 0.4) is 0 Å². The Bertz CT molecular complexity index is 2200. The van der Waals surface area contributed by atoms with Crippen molar-refractivity contribution in [3.63, 3.8) is 0 Å². The Morgan fingerprint density at radius 2 is 1.96 bits per heavy atom. The molecular weight excluding hydrogens is 587 g/mol. The maximum absolute atomic E-state index is 14.4. The monoisotopic (exact) mass is 608 g/mol. The summed E-state index contributed by atoms with van der Waals surface area (Å²) >= 11 is 0. The predicted molar refractivity (Wildman–Crippen MR) is 156 cm³/mol. The number of nitrogens with one attached hydrogen (secondary N) is 4. The zero-order chi connectivity index (χ0) is 31.2. The van der Waals surface area contributed by atoms with E-state index in [2.05, 4.69) is 51.9 Å². The summed E-state index contributed by atoms with van der Waals surface area (Å²) in [4.78, 5) is 54.1. The van der Waals surface area contributed by atoms with Crippen LogP contribution in [0, 0.1) is 5.82 Å². The topological polar surface area (TPSA) is 228 Å². The quantitative estimate of drug-likeness (QED) is 0.151. The summed E-state index contributed by atoms with van der Waals surface area (Å²) in [5.41, 5.74) is 6.75. The first-order chi connectivity index (χ1) is 21.8. The molecule has 45 heavy (non-hydrogen) atoms. The smallest absolute Gasteiger partial charge is 0.270 e. The molecule has 7 rings (SSSR count). The number of hydrogen-bond donors (Lipinski definition) is 5. The van der Waals surface area contributed by atoms with Crippen molar-refractivity contribution in [2.75, 3.05) is 11.1 Å². The van der Waals surface area contributed by atoms with E-state index in [1.54, 1.807) is 0 Å². The number of H-pyrrole nitrogens is 1. The second-order valence-electron chi connectivity index (χ2n) is 10.3. The van der Waals surface area contributed by atoms with E-state index in [9.17, 15) is 23.6 Å². The molecule has 2 amide bonds. The Morgan fingerprint density at radius 1 is 1.09 bits per heavy atom. The van der Waals surface area contributed by atoms with E-state index in [4.69, 9.17) is 5.73 Å². The summed E-state index contributed by atoms with van der Waals surface area (Å²) in [6.45, 7) is -0.0556. The first-order valence-corrected chi connectivity index (χ1v) is 13.6. The number of carbonyl (C=O) groups is 2. The summed E-state index contributed by atoms with van der Waals surface area (Å²) in [6, 6.07) is 10.7. The van der Waals surface area contributed by atoms with Crippen LogP contribution in [-0.4, -0.2) is 52.2 Å². The van der Waals surface area contributed by atoms with Crippen LogP contribution in [0.1, 0.15) is 50.1 Å². The second-order valence-corrected chi connectivity index (χ2v) is 10.3. The molecule has 0 radical (unpaired) electrons. The van der Waals surface area contributed by atoms with E-state index in [0.717, 1.165) is 29.2 Å². The van der Waals surface area contributed by atoms with Crippen LogP contribution in [-0.2, 0) is 13.0 Å². The van der Waals surface area contributed by atoms with Crippen LogP contribution < -0.4 is 32.5 Å². The van der Waals surface area contributed by atoms with Gasteiger partial charge in [-0.1, -0.05) is 23.4 Å². The van der Waals surface area contributed by atoms with Crippen molar-refractivity contribution >= 4 is 34.5 Å². The zero-order valence-electron chi connectivity index (χ0n) is 23.0. The third kappa shape index (κ3) is 4.90. The van der Waals surface area contributed by atoms with Gasteiger partial charge in [-0.3, -0.25) is 19.2 Å². The molecule has 6 N–H and O–H groups in total. The van der Waals surface area contributed by atoms with Crippen LogP contribution in [0.25, 0.3) is 17.0 Å². The summed E-state index contributed by atoms with van der Waals surface area (Å²) < 4.78 is 15.6. The fourth-order valence-electron chi connectivity index (χ4n) is 5.24. The minimum Gasteiger partial charge on any atom is -0.394 e. The van der Waals surface area contributed by atoms with Crippen molar-refractivity contribution in [2.24, 2.45) is 0 Å². The van der Waals surface area contributed by atoms with Gasteiger partial charge < -0.3 is 21.7 Å². The number of halogens is 1. The Hall–Kier alpha value is -6.39. The number of nitrogens with two attached hydrogens (primary N) is 1. The van der Waals surface area contributed by atoms with Gasteiger partial charge in [0.1, 0.15) is 28.6 Å². The fraction of sp³-hybridized carbons (Fsp3) is 0.143. The highest BCUT2D eigenvalue weighted by atomic mass is 19.1. The molecule has 3 heterocycles. The van der Waals surface area contributed by atoms with Gasteiger partial charge in [-0.15, -0.1) is 15.3 Å². The maximum atomic E-state index is 14.4. The SMILES string of the molecule is Nc1c(Nc2cc(CNC(=O)c3cc(C(=O)N[C@H]4CCc5cc(-c6nn[nH]n6)ccc54)nc4cnnn34)ccc2F)c(=O)c1=O.